The molecule has 1 aromatic rings. The number of hydrogen-bond acceptors (Lipinski definition) is 6. The number of carbonyl (C=O) groups is 2. The van der Waals surface area contributed by atoms with Gasteiger partial charge in [-0.1, -0.05) is 32.9 Å². The predicted molar refractivity (Wildman–Crippen MR) is 104 cm³/mol. The lowest BCUT2D eigenvalue weighted by atomic mass is 9.86. The number of hydrogen-bond donors (Lipinski definition) is 0. The molecule has 0 aromatic heterocycles. The van der Waals surface area contributed by atoms with Gasteiger partial charge < -0.3 is 19.1 Å². The summed E-state index contributed by atoms with van der Waals surface area (Å²) in [4.78, 5) is 26.5. The van der Waals surface area contributed by atoms with E-state index in [1.54, 1.807) is 30.4 Å². The monoisotopic (exact) mass is 371 g/mol. The van der Waals surface area contributed by atoms with E-state index in [2.05, 4.69) is 20.8 Å². The molecule has 0 aliphatic carbocycles. The zero-order valence-corrected chi connectivity index (χ0v) is 16.5. The van der Waals surface area contributed by atoms with Crippen molar-refractivity contribution in [3.8, 4) is 5.75 Å². The number of ether oxygens (including phenoxy) is 3. The highest BCUT2D eigenvalue weighted by atomic mass is 16.5. The maximum Gasteiger partial charge on any atom is 0.355 e. The molecular formula is C21H25NO5. The Hall–Kier alpha value is -3.02. The zero-order valence-electron chi connectivity index (χ0n) is 16.5. The predicted octanol–water partition coefficient (Wildman–Crippen LogP) is 3.48. The highest BCUT2D eigenvalue weighted by Crippen LogP contribution is 2.37. The standard InChI is InChI=1S/C21H25NO5/c1-21(2,3)14-10-11-17(25-4)16(13-14)22-12-8-7-9-15(19(23)26-5)18(22)20(24)27-6/h7-13H,1-6H3. The molecule has 1 heterocycles. The van der Waals surface area contributed by atoms with Crippen molar-refractivity contribution >= 4 is 17.6 Å². The Morgan fingerprint density at radius 1 is 0.963 bits per heavy atom. The number of nitrogens with zero attached hydrogens (tertiary/aromatic N) is 1. The second-order valence-corrected chi connectivity index (χ2v) is 6.95. The molecule has 27 heavy (non-hydrogen) atoms. The highest BCUT2D eigenvalue weighted by molar-refractivity contribution is 6.05. The largest absolute Gasteiger partial charge is 0.495 e. The van der Waals surface area contributed by atoms with Gasteiger partial charge >= 0.3 is 11.9 Å². The molecule has 0 atom stereocenters. The van der Waals surface area contributed by atoms with Crippen LogP contribution in [0.1, 0.15) is 26.3 Å². The fourth-order valence-corrected chi connectivity index (χ4v) is 2.70. The van der Waals surface area contributed by atoms with Gasteiger partial charge in [0.25, 0.3) is 0 Å². The van der Waals surface area contributed by atoms with Crippen molar-refractivity contribution in [1.82, 2.24) is 0 Å². The molecule has 0 radical (unpaired) electrons. The molecule has 0 spiro atoms. The van der Waals surface area contributed by atoms with E-state index in [0.717, 1.165) is 5.56 Å². The van der Waals surface area contributed by atoms with Crippen molar-refractivity contribution < 1.29 is 23.8 Å². The summed E-state index contributed by atoms with van der Waals surface area (Å²) in [6.45, 7) is 6.28. The Labute approximate surface area is 159 Å². The average molecular weight is 371 g/mol. The van der Waals surface area contributed by atoms with Crippen molar-refractivity contribution in [3.63, 3.8) is 0 Å². The van der Waals surface area contributed by atoms with Gasteiger partial charge in [0.15, 0.2) is 0 Å². The van der Waals surface area contributed by atoms with Crippen LogP contribution >= 0.6 is 0 Å². The summed E-state index contributed by atoms with van der Waals surface area (Å²) in [6, 6.07) is 5.76. The molecule has 0 saturated carbocycles. The third-order valence-corrected chi connectivity index (χ3v) is 4.19. The van der Waals surface area contributed by atoms with E-state index in [9.17, 15) is 9.59 Å². The van der Waals surface area contributed by atoms with Crippen LogP contribution in [-0.2, 0) is 24.5 Å². The number of anilines is 1. The van der Waals surface area contributed by atoms with E-state index in [1.807, 2.05) is 18.2 Å². The van der Waals surface area contributed by atoms with E-state index in [0.29, 0.717) is 11.4 Å². The number of allylic oxidation sites excluding steroid dienone is 2. The minimum atomic E-state index is -0.658. The van der Waals surface area contributed by atoms with Crippen LogP contribution in [0.25, 0.3) is 0 Å². The lowest BCUT2D eigenvalue weighted by Crippen LogP contribution is -2.27. The van der Waals surface area contributed by atoms with Crippen molar-refractivity contribution in [3.05, 3.63) is 59.5 Å². The number of carbonyl (C=O) groups excluding carboxylic acids is 2. The molecule has 1 aromatic carbocycles. The van der Waals surface area contributed by atoms with E-state index >= 15 is 0 Å². The van der Waals surface area contributed by atoms with Crippen LogP contribution in [0.15, 0.2) is 53.9 Å². The smallest absolute Gasteiger partial charge is 0.355 e. The molecule has 0 bridgehead atoms. The van der Waals surface area contributed by atoms with Crippen molar-refractivity contribution in [2.75, 3.05) is 26.2 Å². The van der Waals surface area contributed by atoms with E-state index in [-0.39, 0.29) is 16.7 Å². The molecule has 1 aliphatic rings. The molecule has 0 fully saturated rings. The molecule has 144 valence electrons. The van der Waals surface area contributed by atoms with Crippen LogP contribution in [-0.4, -0.2) is 33.3 Å². The first-order valence-corrected chi connectivity index (χ1v) is 8.48. The van der Waals surface area contributed by atoms with Crippen molar-refractivity contribution in [2.45, 2.75) is 26.2 Å². The van der Waals surface area contributed by atoms with Crippen LogP contribution in [0.3, 0.4) is 0 Å². The fourth-order valence-electron chi connectivity index (χ4n) is 2.70. The first kappa shape index (κ1) is 20.3. The Balaban J connectivity index is 2.77. The summed E-state index contributed by atoms with van der Waals surface area (Å²) in [7, 11) is 4.09. The summed E-state index contributed by atoms with van der Waals surface area (Å²) >= 11 is 0. The summed E-state index contributed by atoms with van der Waals surface area (Å²) in [5, 5.41) is 0. The SMILES string of the molecule is COC(=O)C1=C(C(=O)OC)N(c2cc(C(C)(C)C)ccc2OC)C=CC=C1. The maximum atomic E-state index is 12.6. The quantitative estimate of drug-likeness (QED) is 0.755. The summed E-state index contributed by atoms with van der Waals surface area (Å²) < 4.78 is 15.3. The Bertz CT molecular complexity index is 827. The number of methoxy groups -OCH3 is 3. The van der Waals surface area contributed by atoms with Gasteiger partial charge in [0.1, 0.15) is 11.4 Å². The Morgan fingerprint density at radius 2 is 1.63 bits per heavy atom. The molecule has 0 N–H and O–H groups in total. The molecule has 0 amide bonds. The number of rotatable bonds is 4. The average Bonchev–Trinajstić information content (AvgIpc) is 2.88. The normalized spacial score (nSPS) is 14.1. The molecular weight excluding hydrogens is 346 g/mol. The summed E-state index contributed by atoms with van der Waals surface area (Å²) in [6.07, 6.45) is 6.59. The molecule has 2 rings (SSSR count). The number of esters is 2. The van der Waals surface area contributed by atoms with Crippen LogP contribution < -0.4 is 9.64 Å². The first-order chi connectivity index (χ1) is 12.7. The third-order valence-electron chi connectivity index (χ3n) is 4.19. The van der Waals surface area contributed by atoms with E-state index < -0.39 is 11.9 Å². The molecule has 1 aliphatic heterocycles. The lowest BCUT2D eigenvalue weighted by Gasteiger charge is -2.27. The van der Waals surface area contributed by atoms with Gasteiger partial charge in [-0.05, 0) is 35.3 Å². The Morgan fingerprint density at radius 3 is 2.19 bits per heavy atom. The van der Waals surface area contributed by atoms with Gasteiger partial charge in [0.05, 0.1) is 32.6 Å². The third kappa shape index (κ3) is 4.22. The minimum Gasteiger partial charge on any atom is -0.495 e. The lowest BCUT2D eigenvalue weighted by molar-refractivity contribution is -0.139. The van der Waals surface area contributed by atoms with Crippen molar-refractivity contribution in [1.29, 1.82) is 0 Å². The van der Waals surface area contributed by atoms with Gasteiger partial charge in [-0.2, -0.15) is 0 Å². The Kier molecular flexibility index (Phi) is 6.10. The van der Waals surface area contributed by atoms with E-state index in [4.69, 9.17) is 14.2 Å². The summed E-state index contributed by atoms with van der Waals surface area (Å²) in [5.74, 6) is -0.735. The van der Waals surface area contributed by atoms with Gasteiger partial charge in [-0.25, -0.2) is 9.59 Å². The van der Waals surface area contributed by atoms with Gasteiger partial charge in [-0.15, -0.1) is 0 Å². The van der Waals surface area contributed by atoms with E-state index in [1.165, 1.54) is 20.3 Å². The zero-order chi connectivity index (χ0) is 20.2. The summed E-state index contributed by atoms with van der Waals surface area (Å²) in [5.41, 5.74) is 1.70. The number of benzene rings is 1. The highest BCUT2D eigenvalue weighted by Gasteiger charge is 2.29. The van der Waals surface area contributed by atoms with Gasteiger partial charge in [0, 0.05) is 6.20 Å². The van der Waals surface area contributed by atoms with Crippen LogP contribution in [0.5, 0.6) is 5.75 Å². The molecule has 6 nitrogen and oxygen atoms in total. The second kappa shape index (κ2) is 8.12. The van der Waals surface area contributed by atoms with Crippen molar-refractivity contribution in [2.24, 2.45) is 0 Å². The molecule has 0 unspecified atom stereocenters. The first-order valence-electron chi connectivity index (χ1n) is 8.48. The van der Waals surface area contributed by atoms with Gasteiger partial charge in [-0.3, -0.25) is 0 Å². The topological polar surface area (TPSA) is 65.1 Å². The van der Waals surface area contributed by atoms with Crippen LogP contribution in [0.4, 0.5) is 5.69 Å². The second-order valence-electron chi connectivity index (χ2n) is 6.95. The van der Waals surface area contributed by atoms with Crippen LogP contribution in [0, 0.1) is 0 Å². The van der Waals surface area contributed by atoms with Crippen LogP contribution in [0.2, 0.25) is 0 Å². The van der Waals surface area contributed by atoms with Gasteiger partial charge in [0.2, 0.25) is 0 Å². The molecule has 0 saturated heterocycles. The maximum absolute atomic E-state index is 12.6. The fraction of sp³-hybridized carbons (Fsp3) is 0.333. The minimum absolute atomic E-state index is 0.0544. The molecule has 6 heteroatoms.